The zero-order valence-electron chi connectivity index (χ0n) is 11.0. The van der Waals surface area contributed by atoms with Crippen LogP contribution < -0.4 is 5.32 Å². The van der Waals surface area contributed by atoms with Gasteiger partial charge in [0.2, 0.25) is 10.0 Å². The van der Waals surface area contributed by atoms with Crippen LogP contribution in [0.5, 0.6) is 0 Å². The maximum atomic E-state index is 12.2. The van der Waals surface area contributed by atoms with Gasteiger partial charge in [-0.3, -0.25) is 0 Å². The van der Waals surface area contributed by atoms with Gasteiger partial charge in [-0.05, 0) is 19.9 Å². The molecule has 1 aliphatic heterocycles. The monoisotopic (exact) mass is 264 g/mol. The molecule has 0 aromatic carbocycles. The van der Waals surface area contributed by atoms with E-state index in [2.05, 4.69) is 5.32 Å². The molecule has 2 atom stereocenters. The molecule has 1 heterocycles. The van der Waals surface area contributed by atoms with Crippen molar-refractivity contribution in [1.82, 2.24) is 9.62 Å². The van der Waals surface area contributed by atoms with Crippen LogP contribution in [0.25, 0.3) is 0 Å². The summed E-state index contributed by atoms with van der Waals surface area (Å²) in [6.45, 7) is 8.19. The third-order valence-electron chi connectivity index (χ3n) is 3.03. The van der Waals surface area contributed by atoms with Gasteiger partial charge < -0.3 is 10.1 Å². The molecule has 1 aliphatic rings. The van der Waals surface area contributed by atoms with Gasteiger partial charge >= 0.3 is 0 Å². The number of nitrogens with one attached hydrogen (secondary N) is 1. The molecule has 0 saturated carbocycles. The summed E-state index contributed by atoms with van der Waals surface area (Å²) in [5.41, 5.74) is 0. The first kappa shape index (κ1) is 14.9. The summed E-state index contributed by atoms with van der Waals surface area (Å²) < 4.78 is 31.5. The average Bonchev–Trinajstić information content (AvgIpc) is 2.29. The Morgan fingerprint density at radius 2 is 2.12 bits per heavy atom. The van der Waals surface area contributed by atoms with E-state index in [-0.39, 0.29) is 17.9 Å². The van der Waals surface area contributed by atoms with Crippen molar-refractivity contribution in [3.05, 3.63) is 0 Å². The number of sulfonamides is 1. The SMILES string of the molecule is CCNCCS(=O)(=O)N1CC(C)OCC1CC. The zero-order chi connectivity index (χ0) is 12.9. The summed E-state index contributed by atoms with van der Waals surface area (Å²) in [5, 5.41) is 3.05. The van der Waals surface area contributed by atoms with Gasteiger partial charge in [-0.15, -0.1) is 0 Å². The number of hydrogen-bond acceptors (Lipinski definition) is 4. The molecule has 6 heteroatoms. The number of rotatable bonds is 6. The van der Waals surface area contributed by atoms with Crippen LogP contribution in [-0.2, 0) is 14.8 Å². The van der Waals surface area contributed by atoms with Crippen LogP contribution in [0.1, 0.15) is 27.2 Å². The second-order valence-electron chi connectivity index (χ2n) is 4.45. The highest BCUT2D eigenvalue weighted by atomic mass is 32.2. The van der Waals surface area contributed by atoms with Gasteiger partial charge in [0, 0.05) is 19.1 Å². The molecule has 102 valence electrons. The van der Waals surface area contributed by atoms with E-state index in [4.69, 9.17) is 4.74 Å². The van der Waals surface area contributed by atoms with E-state index in [1.165, 1.54) is 0 Å². The minimum atomic E-state index is -3.16. The third-order valence-corrected chi connectivity index (χ3v) is 4.91. The summed E-state index contributed by atoms with van der Waals surface area (Å²) in [5.74, 6) is 0.171. The highest BCUT2D eigenvalue weighted by Gasteiger charge is 2.33. The first-order chi connectivity index (χ1) is 8.01. The van der Waals surface area contributed by atoms with E-state index in [1.54, 1.807) is 4.31 Å². The van der Waals surface area contributed by atoms with Crippen molar-refractivity contribution in [2.75, 3.05) is 32.0 Å². The van der Waals surface area contributed by atoms with Crippen molar-refractivity contribution in [2.45, 2.75) is 39.3 Å². The molecule has 17 heavy (non-hydrogen) atoms. The topological polar surface area (TPSA) is 58.6 Å². The fourth-order valence-corrected chi connectivity index (χ4v) is 3.71. The van der Waals surface area contributed by atoms with Gasteiger partial charge in [0.25, 0.3) is 0 Å². The summed E-state index contributed by atoms with van der Waals surface area (Å²) in [6.07, 6.45) is 0.791. The van der Waals surface area contributed by atoms with E-state index in [9.17, 15) is 8.42 Å². The van der Waals surface area contributed by atoms with E-state index in [0.717, 1.165) is 13.0 Å². The Hall–Kier alpha value is -0.170. The van der Waals surface area contributed by atoms with E-state index in [0.29, 0.717) is 19.7 Å². The first-order valence-corrected chi connectivity index (χ1v) is 7.94. The Kier molecular flexibility index (Phi) is 5.85. The number of ether oxygens (including phenoxy) is 1. The quantitative estimate of drug-likeness (QED) is 0.707. The van der Waals surface area contributed by atoms with Gasteiger partial charge in [0.1, 0.15) is 0 Å². The third kappa shape index (κ3) is 4.21. The minimum absolute atomic E-state index is 0.00201. The Morgan fingerprint density at radius 1 is 1.41 bits per heavy atom. The lowest BCUT2D eigenvalue weighted by molar-refractivity contribution is -0.0230. The average molecular weight is 264 g/mol. The standard InChI is InChI=1S/C11H24N2O3S/c1-4-11-9-16-10(3)8-13(11)17(14,15)7-6-12-5-2/h10-12H,4-9H2,1-3H3. The summed E-state index contributed by atoms with van der Waals surface area (Å²) in [4.78, 5) is 0. The van der Waals surface area contributed by atoms with Crippen molar-refractivity contribution in [2.24, 2.45) is 0 Å². The first-order valence-electron chi connectivity index (χ1n) is 6.33. The lowest BCUT2D eigenvalue weighted by atomic mass is 10.2. The maximum absolute atomic E-state index is 12.2. The minimum Gasteiger partial charge on any atom is -0.375 e. The van der Waals surface area contributed by atoms with Crippen LogP contribution in [0.3, 0.4) is 0 Å². The lowest BCUT2D eigenvalue weighted by Gasteiger charge is -2.37. The Balaban J connectivity index is 2.65. The number of hydrogen-bond donors (Lipinski definition) is 1. The molecule has 1 rings (SSSR count). The van der Waals surface area contributed by atoms with Crippen LogP contribution >= 0.6 is 0 Å². The van der Waals surface area contributed by atoms with Gasteiger partial charge in [-0.1, -0.05) is 13.8 Å². The van der Waals surface area contributed by atoms with Crippen LogP contribution in [0.15, 0.2) is 0 Å². The van der Waals surface area contributed by atoms with Gasteiger partial charge in [0.15, 0.2) is 0 Å². The molecule has 2 unspecified atom stereocenters. The van der Waals surface area contributed by atoms with Crippen LogP contribution in [0.2, 0.25) is 0 Å². The molecule has 1 saturated heterocycles. The Morgan fingerprint density at radius 3 is 2.71 bits per heavy atom. The molecule has 0 bridgehead atoms. The van der Waals surface area contributed by atoms with Crippen molar-refractivity contribution in [1.29, 1.82) is 0 Å². The number of morpholine rings is 1. The second-order valence-corrected chi connectivity index (χ2v) is 6.49. The fourth-order valence-electron chi connectivity index (χ4n) is 1.97. The Bertz CT molecular complexity index is 319. The number of nitrogens with zero attached hydrogens (tertiary/aromatic N) is 1. The van der Waals surface area contributed by atoms with E-state index in [1.807, 2.05) is 20.8 Å². The van der Waals surface area contributed by atoms with Crippen molar-refractivity contribution < 1.29 is 13.2 Å². The molecule has 0 aromatic rings. The smallest absolute Gasteiger partial charge is 0.215 e. The maximum Gasteiger partial charge on any atom is 0.215 e. The molecular formula is C11H24N2O3S. The molecule has 1 N–H and O–H groups in total. The molecule has 0 spiro atoms. The van der Waals surface area contributed by atoms with E-state index < -0.39 is 10.0 Å². The van der Waals surface area contributed by atoms with Crippen LogP contribution in [0, 0.1) is 0 Å². The molecular weight excluding hydrogens is 240 g/mol. The highest BCUT2D eigenvalue weighted by Crippen LogP contribution is 2.18. The van der Waals surface area contributed by atoms with Crippen molar-refractivity contribution in [3.8, 4) is 0 Å². The predicted octanol–water partition coefficient (Wildman–Crippen LogP) is 0.425. The van der Waals surface area contributed by atoms with Crippen LogP contribution in [0.4, 0.5) is 0 Å². The molecule has 1 fully saturated rings. The summed E-state index contributed by atoms with van der Waals surface area (Å²) in [7, 11) is -3.16. The van der Waals surface area contributed by atoms with Crippen molar-refractivity contribution in [3.63, 3.8) is 0 Å². The van der Waals surface area contributed by atoms with Gasteiger partial charge in [0.05, 0.1) is 18.5 Å². The Labute approximate surface area is 105 Å². The lowest BCUT2D eigenvalue weighted by Crippen LogP contribution is -2.52. The second kappa shape index (κ2) is 6.68. The highest BCUT2D eigenvalue weighted by molar-refractivity contribution is 7.89. The van der Waals surface area contributed by atoms with Gasteiger partial charge in [-0.25, -0.2) is 8.42 Å². The molecule has 0 amide bonds. The normalized spacial score (nSPS) is 27.2. The molecule has 0 radical (unpaired) electrons. The molecule has 0 aromatic heterocycles. The summed E-state index contributed by atoms with van der Waals surface area (Å²) >= 11 is 0. The van der Waals surface area contributed by atoms with E-state index >= 15 is 0 Å². The summed E-state index contributed by atoms with van der Waals surface area (Å²) in [6, 6.07) is -0.00201. The fraction of sp³-hybridized carbons (Fsp3) is 1.00. The molecule has 0 aliphatic carbocycles. The zero-order valence-corrected chi connectivity index (χ0v) is 11.8. The van der Waals surface area contributed by atoms with Crippen LogP contribution in [-0.4, -0.2) is 56.9 Å². The van der Waals surface area contributed by atoms with Gasteiger partial charge in [-0.2, -0.15) is 4.31 Å². The molecule has 5 nitrogen and oxygen atoms in total. The predicted molar refractivity (Wildman–Crippen MR) is 68.5 cm³/mol. The largest absolute Gasteiger partial charge is 0.375 e. The van der Waals surface area contributed by atoms with Crippen molar-refractivity contribution >= 4 is 10.0 Å².